The summed E-state index contributed by atoms with van der Waals surface area (Å²) in [6.45, 7) is 1.02. The fraction of sp³-hybridized carbons (Fsp3) is 0.231. The molecule has 110 valence electrons. The lowest BCUT2D eigenvalue weighted by Gasteiger charge is -2.03. The van der Waals surface area contributed by atoms with Gasteiger partial charge in [-0.2, -0.15) is 0 Å². The number of non-ortho nitro benzene ring substituents is 1. The lowest BCUT2D eigenvalue weighted by molar-refractivity contribution is -0.402. The first-order valence-electron chi connectivity index (χ1n) is 6.23. The summed E-state index contributed by atoms with van der Waals surface area (Å²) < 4.78 is 5.00. The number of rotatable bonds is 7. The SMILES string of the molecule is O=[N+]([O-])c1ccc(CCNCc2ccc([N+](=O)[O-])o2)cc1. The summed E-state index contributed by atoms with van der Waals surface area (Å²) in [5.74, 6) is 0.215. The molecule has 0 unspecified atom stereocenters. The molecule has 0 aliphatic rings. The Morgan fingerprint density at radius 1 is 1.00 bits per heavy atom. The minimum atomic E-state index is -0.583. The number of hydrogen-bond acceptors (Lipinski definition) is 6. The Balaban J connectivity index is 1.76. The number of nitro groups is 2. The van der Waals surface area contributed by atoms with Gasteiger partial charge in [-0.25, -0.2) is 0 Å². The van der Waals surface area contributed by atoms with Crippen LogP contribution in [0.5, 0.6) is 0 Å². The van der Waals surface area contributed by atoms with Gasteiger partial charge in [-0.05, 0) is 24.6 Å². The lowest BCUT2D eigenvalue weighted by Crippen LogP contribution is -2.16. The van der Waals surface area contributed by atoms with E-state index in [0.29, 0.717) is 25.3 Å². The molecular weight excluding hydrogens is 278 g/mol. The van der Waals surface area contributed by atoms with Gasteiger partial charge in [0, 0.05) is 12.1 Å². The zero-order chi connectivity index (χ0) is 15.2. The van der Waals surface area contributed by atoms with Crippen LogP contribution in [0.4, 0.5) is 11.6 Å². The van der Waals surface area contributed by atoms with Crippen molar-refractivity contribution < 1.29 is 14.3 Å². The molecule has 0 saturated carbocycles. The Bertz CT molecular complexity index is 636. The maximum Gasteiger partial charge on any atom is 0.433 e. The van der Waals surface area contributed by atoms with Crippen LogP contribution in [0.1, 0.15) is 11.3 Å². The predicted molar refractivity (Wildman–Crippen MR) is 73.9 cm³/mol. The molecule has 0 aliphatic heterocycles. The third kappa shape index (κ3) is 4.11. The molecular formula is C13H13N3O5. The van der Waals surface area contributed by atoms with E-state index in [2.05, 4.69) is 5.32 Å². The first-order valence-corrected chi connectivity index (χ1v) is 6.23. The topological polar surface area (TPSA) is 111 Å². The Kier molecular flexibility index (Phi) is 4.62. The van der Waals surface area contributed by atoms with Crippen LogP contribution in [0, 0.1) is 20.2 Å². The highest BCUT2D eigenvalue weighted by atomic mass is 16.6. The predicted octanol–water partition coefficient (Wildman–Crippen LogP) is 2.43. The lowest BCUT2D eigenvalue weighted by atomic mass is 10.1. The summed E-state index contributed by atoms with van der Waals surface area (Å²) in [6, 6.07) is 9.20. The molecule has 0 bridgehead atoms. The molecule has 0 saturated heterocycles. The molecule has 8 heteroatoms. The van der Waals surface area contributed by atoms with E-state index < -0.39 is 9.85 Å². The largest absolute Gasteiger partial charge is 0.433 e. The highest BCUT2D eigenvalue weighted by Gasteiger charge is 2.11. The van der Waals surface area contributed by atoms with E-state index in [4.69, 9.17) is 4.42 Å². The molecule has 21 heavy (non-hydrogen) atoms. The Hall–Kier alpha value is -2.74. The van der Waals surface area contributed by atoms with Crippen molar-refractivity contribution in [1.82, 2.24) is 5.32 Å². The average Bonchev–Trinajstić information content (AvgIpc) is 2.93. The fourth-order valence-corrected chi connectivity index (χ4v) is 1.79. The van der Waals surface area contributed by atoms with Crippen molar-refractivity contribution in [2.24, 2.45) is 0 Å². The van der Waals surface area contributed by atoms with Crippen LogP contribution in [0.15, 0.2) is 40.8 Å². The standard InChI is InChI=1S/C13H13N3O5/c17-15(18)11-3-1-10(2-4-11)7-8-14-9-12-5-6-13(21-12)16(19)20/h1-6,14H,7-9H2. The zero-order valence-electron chi connectivity index (χ0n) is 11.0. The van der Waals surface area contributed by atoms with Crippen molar-refractivity contribution in [3.63, 3.8) is 0 Å². The first-order chi connectivity index (χ1) is 10.1. The van der Waals surface area contributed by atoms with Gasteiger partial charge in [0.15, 0.2) is 0 Å². The van der Waals surface area contributed by atoms with Crippen LogP contribution in [-0.2, 0) is 13.0 Å². The van der Waals surface area contributed by atoms with Gasteiger partial charge in [-0.15, -0.1) is 0 Å². The van der Waals surface area contributed by atoms with E-state index in [-0.39, 0.29) is 11.6 Å². The van der Waals surface area contributed by atoms with Gasteiger partial charge in [0.25, 0.3) is 5.69 Å². The smallest absolute Gasteiger partial charge is 0.404 e. The van der Waals surface area contributed by atoms with E-state index in [1.807, 2.05) is 0 Å². The fourth-order valence-electron chi connectivity index (χ4n) is 1.79. The number of furan rings is 1. The van der Waals surface area contributed by atoms with Crippen LogP contribution in [0.3, 0.4) is 0 Å². The third-order valence-corrected chi connectivity index (χ3v) is 2.86. The average molecular weight is 291 g/mol. The summed E-state index contributed by atoms with van der Waals surface area (Å²) in [6.07, 6.45) is 0.695. The first kappa shape index (κ1) is 14.7. The van der Waals surface area contributed by atoms with Crippen LogP contribution in [-0.4, -0.2) is 16.4 Å². The minimum Gasteiger partial charge on any atom is -0.404 e. The Morgan fingerprint density at radius 2 is 1.71 bits per heavy atom. The maximum atomic E-state index is 10.5. The van der Waals surface area contributed by atoms with Crippen LogP contribution in [0.2, 0.25) is 0 Å². The van der Waals surface area contributed by atoms with Gasteiger partial charge in [0.1, 0.15) is 10.7 Å². The molecule has 0 radical (unpaired) electrons. The molecule has 2 rings (SSSR count). The van der Waals surface area contributed by atoms with Gasteiger partial charge in [-0.3, -0.25) is 20.2 Å². The normalized spacial score (nSPS) is 10.5. The number of nitrogens with one attached hydrogen (secondary N) is 1. The zero-order valence-corrected chi connectivity index (χ0v) is 11.0. The van der Waals surface area contributed by atoms with E-state index in [1.165, 1.54) is 18.2 Å². The van der Waals surface area contributed by atoms with E-state index in [9.17, 15) is 20.2 Å². The quantitative estimate of drug-likeness (QED) is 0.476. The second-order valence-corrected chi connectivity index (χ2v) is 4.35. The summed E-state index contributed by atoms with van der Waals surface area (Å²) in [7, 11) is 0. The van der Waals surface area contributed by atoms with Gasteiger partial charge in [-0.1, -0.05) is 12.1 Å². The second kappa shape index (κ2) is 6.62. The molecule has 2 aromatic rings. The van der Waals surface area contributed by atoms with Crippen molar-refractivity contribution in [3.8, 4) is 0 Å². The molecule has 1 aromatic carbocycles. The Labute approximate surface area is 119 Å². The number of nitro benzene ring substituents is 1. The summed E-state index contributed by atoms with van der Waals surface area (Å²) in [5.41, 5.74) is 1.04. The highest BCUT2D eigenvalue weighted by molar-refractivity contribution is 5.32. The summed E-state index contributed by atoms with van der Waals surface area (Å²) >= 11 is 0. The van der Waals surface area contributed by atoms with E-state index in [0.717, 1.165) is 5.56 Å². The summed E-state index contributed by atoms with van der Waals surface area (Å²) in [5, 5.41) is 24.1. The van der Waals surface area contributed by atoms with Crippen LogP contribution in [0.25, 0.3) is 0 Å². The van der Waals surface area contributed by atoms with Gasteiger partial charge in [0.2, 0.25) is 0 Å². The summed E-state index contributed by atoms with van der Waals surface area (Å²) in [4.78, 5) is 19.9. The Morgan fingerprint density at radius 3 is 2.29 bits per heavy atom. The molecule has 1 N–H and O–H groups in total. The molecule has 0 aliphatic carbocycles. The van der Waals surface area contributed by atoms with Crippen molar-refractivity contribution >= 4 is 11.6 Å². The molecule has 1 aromatic heterocycles. The maximum absolute atomic E-state index is 10.5. The molecule has 0 amide bonds. The van der Waals surface area contributed by atoms with Gasteiger partial charge < -0.3 is 9.73 Å². The minimum absolute atomic E-state index is 0.0644. The third-order valence-electron chi connectivity index (χ3n) is 2.86. The number of hydrogen-bond donors (Lipinski definition) is 1. The van der Waals surface area contributed by atoms with Crippen LogP contribution >= 0.6 is 0 Å². The van der Waals surface area contributed by atoms with Crippen LogP contribution < -0.4 is 5.32 Å². The molecule has 1 heterocycles. The van der Waals surface area contributed by atoms with E-state index in [1.54, 1.807) is 18.2 Å². The van der Waals surface area contributed by atoms with Crippen molar-refractivity contribution in [3.05, 3.63) is 68.0 Å². The number of nitrogens with zero attached hydrogens (tertiary/aromatic N) is 2. The molecule has 0 spiro atoms. The van der Waals surface area contributed by atoms with Crippen molar-refractivity contribution in [1.29, 1.82) is 0 Å². The van der Waals surface area contributed by atoms with Crippen molar-refractivity contribution in [2.75, 3.05) is 6.54 Å². The molecule has 0 atom stereocenters. The second-order valence-electron chi connectivity index (χ2n) is 4.35. The van der Waals surface area contributed by atoms with Gasteiger partial charge >= 0.3 is 5.88 Å². The van der Waals surface area contributed by atoms with Crippen molar-refractivity contribution in [2.45, 2.75) is 13.0 Å². The highest BCUT2D eigenvalue weighted by Crippen LogP contribution is 2.15. The molecule has 8 nitrogen and oxygen atoms in total. The van der Waals surface area contributed by atoms with E-state index >= 15 is 0 Å². The molecule has 0 fully saturated rings. The van der Waals surface area contributed by atoms with Gasteiger partial charge in [0.05, 0.1) is 17.5 Å². The monoisotopic (exact) mass is 291 g/mol. The number of benzene rings is 1.